The number of anilines is 1. The zero-order valence-electron chi connectivity index (χ0n) is 15.1. The van der Waals surface area contributed by atoms with Gasteiger partial charge >= 0.3 is 5.97 Å². The van der Waals surface area contributed by atoms with Crippen molar-refractivity contribution in [2.75, 3.05) is 19.5 Å². The number of amides is 1. The number of benzene rings is 2. The number of ether oxygens (including phenoxy) is 2. The molecular weight excluding hydrogens is 348 g/mol. The summed E-state index contributed by atoms with van der Waals surface area (Å²) in [5, 5.41) is 3.03. The van der Waals surface area contributed by atoms with Gasteiger partial charge in [-0.05, 0) is 36.4 Å². The quantitative estimate of drug-likeness (QED) is 0.717. The average Bonchev–Trinajstić information content (AvgIpc) is 2.69. The molecule has 0 radical (unpaired) electrons. The molecule has 1 amide bonds. The van der Waals surface area contributed by atoms with Crippen LogP contribution in [0.5, 0.6) is 5.75 Å². The van der Waals surface area contributed by atoms with E-state index in [1.807, 2.05) is 0 Å². The van der Waals surface area contributed by atoms with Gasteiger partial charge < -0.3 is 19.4 Å². The fourth-order valence-corrected chi connectivity index (χ4v) is 2.80. The van der Waals surface area contributed by atoms with E-state index in [1.54, 1.807) is 48.0 Å². The number of hydrogen-bond acceptors (Lipinski definition) is 5. The molecule has 0 saturated carbocycles. The Morgan fingerprint density at radius 1 is 1.07 bits per heavy atom. The second-order valence-electron chi connectivity index (χ2n) is 5.89. The zero-order chi connectivity index (χ0) is 19.6. The zero-order valence-corrected chi connectivity index (χ0v) is 15.1. The van der Waals surface area contributed by atoms with E-state index in [9.17, 15) is 14.4 Å². The van der Waals surface area contributed by atoms with Crippen LogP contribution in [-0.2, 0) is 11.8 Å². The standard InChI is InChI=1S/C20H18N2O5/c1-22-11-16(18(23)15-10-14(26-2)7-8-17(15)22)19(24)21-13-6-4-5-12(9-13)20(25)27-3/h4-11H,1-3H3,(H,21,24). The lowest BCUT2D eigenvalue weighted by Crippen LogP contribution is -2.23. The number of nitrogens with one attached hydrogen (secondary N) is 1. The minimum Gasteiger partial charge on any atom is -0.497 e. The van der Waals surface area contributed by atoms with Crippen LogP contribution >= 0.6 is 0 Å². The molecule has 0 unspecified atom stereocenters. The van der Waals surface area contributed by atoms with Crippen LogP contribution in [0.1, 0.15) is 20.7 Å². The van der Waals surface area contributed by atoms with Crippen molar-refractivity contribution in [2.45, 2.75) is 0 Å². The van der Waals surface area contributed by atoms with Gasteiger partial charge in [0, 0.05) is 18.9 Å². The van der Waals surface area contributed by atoms with Crippen LogP contribution in [-0.4, -0.2) is 30.7 Å². The van der Waals surface area contributed by atoms with Crippen LogP contribution in [0.25, 0.3) is 10.9 Å². The third-order valence-electron chi connectivity index (χ3n) is 4.18. The topological polar surface area (TPSA) is 86.6 Å². The Kier molecular flexibility index (Phi) is 4.94. The van der Waals surface area contributed by atoms with Crippen LogP contribution in [0.3, 0.4) is 0 Å². The highest BCUT2D eigenvalue weighted by Crippen LogP contribution is 2.19. The van der Waals surface area contributed by atoms with Crippen molar-refractivity contribution in [3.05, 3.63) is 70.0 Å². The van der Waals surface area contributed by atoms with Gasteiger partial charge in [-0.1, -0.05) is 6.07 Å². The van der Waals surface area contributed by atoms with E-state index >= 15 is 0 Å². The number of carbonyl (C=O) groups is 2. The minimum atomic E-state index is -0.567. The molecule has 0 spiro atoms. The SMILES string of the molecule is COC(=O)c1cccc(NC(=O)c2cn(C)c3ccc(OC)cc3c2=O)c1. The number of methoxy groups -OCH3 is 2. The summed E-state index contributed by atoms with van der Waals surface area (Å²) >= 11 is 0. The van der Waals surface area contributed by atoms with Crippen molar-refractivity contribution in [3.63, 3.8) is 0 Å². The second-order valence-corrected chi connectivity index (χ2v) is 5.89. The number of esters is 1. The molecular formula is C20H18N2O5. The summed E-state index contributed by atoms with van der Waals surface area (Å²) in [6, 6.07) is 11.4. The number of fused-ring (bicyclic) bond motifs is 1. The Bertz CT molecular complexity index is 1100. The van der Waals surface area contributed by atoms with E-state index < -0.39 is 17.3 Å². The summed E-state index contributed by atoms with van der Waals surface area (Å²) in [5.41, 5.74) is 0.956. The summed E-state index contributed by atoms with van der Waals surface area (Å²) in [6.07, 6.45) is 1.48. The average molecular weight is 366 g/mol. The maximum absolute atomic E-state index is 12.8. The first-order valence-electron chi connectivity index (χ1n) is 8.11. The van der Waals surface area contributed by atoms with E-state index in [1.165, 1.54) is 26.5 Å². The monoisotopic (exact) mass is 366 g/mol. The Morgan fingerprint density at radius 3 is 2.56 bits per heavy atom. The summed E-state index contributed by atoms with van der Waals surface area (Å²) in [7, 11) is 4.54. The molecule has 0 aliphatic rings. The van der Waals surface area contributed by atoms with Crippen molar-refractivity contribution in [1.29, 1.82) is 0 Å². The maximum atomic E-state index is 12.8. The molecule has 7 heteroatoms. The minimum absolute atomic E-state index is 0.0123. The predicted octanol–water partition coefficient (Wildman–Crippen LogP) is 2.59. The lowest BCUT2D eigenvalue weighted by atomic mass is 10.1. The summed E-state index contributed by atoms with van der Waals surface area (Å²) < 4.78 is 11.5. The van der Waals surface area contributed by atoms with Crippen molar-refractivity contribution < 1.29 is 19.1 Å². The van der Waals surface area contributed by atoms with Crippen molar-refractivity contribution in [3.8, 4) is 5.75 Å². The fraction of sp³-hybridized carbons (Fsp3) is 0.150. The van der Waals surface area contributed by atoms with Crippen molar-refractivity contribution in [2.24, 2.45) is 7.05 Å². The second kappa shape index (κ2) is 7.33. The van der Waals surface area contributed by atoms with Crippen LogP contribution < -0.4 is 15.5 Å². The third kappa shape index (κ3) is 3.52. The smallest absolute Gasteiger partial charge is 0.337 e. The first-order chi connectivity index (χ1) is 12.9. The number of rotatable bonds is 4. The normalized spacial score (nSPS) is 10.5. The summed E-state index contributed by atoms with van der Waals surface area (Å²) in [5.74, 6) is -0.551. The molecule has 0 bridgehead atoms. The molecule has 1 N–H and O–H groups in total. The molecule has 138 valence electrons. The van der Waals surface area contributed by atoms with Gasteiger partial charge in [0.1, 0.15) is 11.3 Å². The third-order valence-corrected chi connectivity index (χ3v) is 4.18. The number of aromatic nitrogens is 1. The van der Waals surface area contributed by atoms with Crippen LogP contribution in [0, 0.1) is 0 Å². The van der Waals surface area contributed by atoms with Gasteiger partial charge in [-0.25, -0.2) is 4.79 Å². The number of carbonyl (C=O) groups excluding carboxylic acids is 2. The highest BCUT2D eigenvalue weighted by Gasteiger charge is 2.16. The number of aryl methyl sites for hydroxylation is 1. The molecule has 0 aliphatic heterocycles. The lowest BCUT2D eigenvalue weighted by molar-refractivity contribution is 0.0600. The molecule has 1 heterocycles. The van der Waals surface area contributed by atoms with Crippen LogP contribution in [0.15, 0.2) is 53.5 Å². The fourth-order valence-electron chi connectivity index (χ4n) is 2.80. The molecule has 0 aliphatic carbocycles. The van der Waals surface area contributed by atoms with E-state index in [4.69, 9.17) is 4.74 Å². The van der Waals surface area contributed by atoms with Crippen molar-refractivity contribution in [1.82, 2.24) is 4.57 Å². The number of nitrogens with zero attached hydrogens (tertiary/aromatic N) is 1. The first kappa shape index (κ1) is 18.2. The van der Waals surface area contributed by atoms with Gasteiger partial charge in [-0.2, -0.15) is 0 Å². The molecule has 1 aromatic heterocycles. The van der Waals surface area contributed by atoms with Gasteiger partial charge in [0.2, 0.25) is 5.43 Å². The van der Waals surface area contributed by atoms with E-state index in [2.05, 4.69) is 10.1 Å². The molecule has 27 heavy (non-hydrogen) atoms. The van der Waals surface area contributed by atoms with Crippen LogP contribution in [0.4, 0.5) is 5.69 Å². The lowest BCUT2D eigenvalue weighted by Gasteiger charge is -2.11. The molecule has 3 aromatic rings. The molecule has 0 fully saturated rings. The summed E-state index contributed by atoms with van der Waals surface area (Å²) in [6.45, 7) is 0. The predicted molar refractivity (Wildman–Crippen MR) is 101 cm³/mol. The Labute approximate surface area is 155 Å². The molecule has 2 aromatic carbocycles. The van der Waals surface area contributed by atoms with E-state index in [-0.39, 0.29) is 5.56 Å². The van der Waals surface area contributed by atoms with E-state index in [0.29, 0.717) is 27.9 Å². The van der Waals surface area contributed by atoms with Crippen molar-refractivity contribution >= 4 is 28.5 Å². The number of pyridine rings is 1. The summed E-state index contributed by atoms with van der Waals surface area (Å²) in [4.78, 5) is 37.1. The Hall–Kier alpha value is -3.61. The Balaban J connectivity index is 2.00. The van der Waals surface area contributed by atoms with Gasteiger partial charge in [-0.3, -0.25) is 9.59 Å². The van der Waals surface area contributed by atoms with Crippen LogP contribution in [0.2, 0.25) is 0 Å². The largest absolute Gasteiger partial charge is 0.497 e. The maximum Gasteiger partial charge on any atom is 0.337 e. The van der Waals surface area contributed by atoms with Gasteiger partial charge in [0.05, 0.1) is 30.7 Å². The number of hydrogen-bond donors (Lipinski definition) is 1. The highest BCUT2D eigenvalue weighted by molar-refractivity contribution is 6.06. The van der Waals surface area contributed by atoms with Gasteiger partial charge in [-0.15, -0.1) is 0 Å². The molecule has 3 rings (SSSR count). The van der Waals surface area contributed by atoms with E-state index in [0.717, 1.165) is 0 Å². The highest BCUT2D eigenvalue weighted by atomic mass is 16.5. The van der Waals surface area contributed by atoms with Gasteiger partial charge in [0.25, 0.3) is 5.91 Å². The van der Waals surface area contributed by atoms with Gasteiger partial charge in [0.15, 0.2) is 0 Å². The molecule has 7 nitrogen and oxygen atoms in total. The Morgan fingerprint density at radius 2 is 1.85 bits per heavy atom. The molecule has 0 saturated heterocycles. The molecule has 0 atom stereocenters. The first-order valence-corrected chi connectivity index (χ1v) is 8.11.